The van der Waals surface area contributed by atoms with Crippen molar-refractivity contribution in [1.82, 2.24) is 0 Å². The van der Waals surface area contributed by atoms with Crippen molar-refractivity contribution in [2.24, 2.45) is 5.92 Å². The highest BCUT2D eigenvalue weighted by Gasteiger charge is 2.27. The van der Waals surface area contributed by atoms with E-state index in [0.717, 1.165) is 32.7 Å². The van der Waals surface area contributed by atoms with Crippen molar-refractivity contribution in [2.45, 2.75) is 51.0 Å². The minimum atomic E-state index is 0.266. The van der Waals surface area contributed by atoms with Crippen molar-refractivity contribution in [2.75, 3.05) is 19.8 Å². The lowest BCUT2D eigenvalue weighted by molar-refractivity contribution is 0.0347. The molecule has 0 bridgehead atoms. The first kappa shape index (κ1) is 17.8. The quantitative estimate of drug-likeness (QED) is 0.688. The molecular weight excluding hydrogens is 320 g/mol. The van der Waals surface area contributed by atoms with E-state index < -0.39 is 0 Å². The van der Waals surface area contributed by atoms with Gasteiger partial charge in [0.15, 0.2) is 0 Å². The maximum absolute atomic E-state index is 6.24. The highest BCUT2D eigenvalue weighted by Crippen LogP contribution is 2.39. The zero-order chi connectivity index (χ0) is 17.8. The van der Waals surface area contributed by atoms with Crippen molar-refractivity contribution in [1.29, 1.82) is 0 Å². The van der Waals surface area contributed by atoms with Gasteiger partial charge in [0.05, 0.1) is 12.7 Å². The summed E-state index contributed by atoms with van der Waals surface area (Å²) in [6.45, 7) is 4.60. The van der Waals surface area contributed by atoms with Crippen LogP contribution in [-0.2, 0) is 22.3 Å². The van der Waals surface area contributed by atoms with Crippen LogP contribution in [0.5, 0.6) is 0 Å². The molecule has 0 spiro atoms. The zero-order valence-electron chi connectivity index (χ0n) is 15.8. The van der Waals surface area contributed by atoms with Crippen LogP contribution in [0, 0.1) is 5.92 Å². The normalized spacial score (nSPS) is 24.7. The van der Waals surface area contributed by atoms with E-state index in [1.807, 2.05) is 0 Å². The van der Waals surface area contributed by atoms with Gasteiger partial charge >= 0.3 is 0 Å². The predicted molar refractivity (Wildman–Crippen MR) is 106 cm³/mol. The van der Waals surface area contributed by atoms with Gasteiger partial charge in [-0.3, -0.25) is 0 Å². The summed E-state index contributed by atoms with van der Waals surface area (Å²) in [7, 11) is 0. The fraction of sp³-hybridized carbons (Fsp3) is 0.500. The average molecular weight is 351 g/mol. The van der Waals surface area contributed by atoms with Gasteiger partial charge in [0.25, 0.3) is 0 Å². The van der Waals surface area contributed by atoms with Crippen LogP contribution in [0.1, 0.15) is 60.5 Å². The molecule has 0 aromatic heterocycles. The Morgan fingerprint density at radius 2 is 1.62 bits per heavy atom. The molecule has 2 aliphatic rings. The minimum Gasteiger partial charge on any atom is -0.381 e. The van der Waals surface area contributed by atoms with Crippen molar-refractivity contribution in [3.05, 3.63) is 70.8 Å². The first-order valence-electron chi connectivity index (χ1n) is 10.2. The number of rotatable bonds is 6. The number of hydrogen-bond acceptors (Lipinski definition) is 2. The lowest BCUT2D eigenvalue weighted by Crippen LogP contribution is -2.23. The first-order chi connectivity index (χ1) is 12.8. The molecule has 2 nitrogen and oxygen atoms in total. The van der Waals surface area contributed by atoms with Gasteiger partial charge in [-0.15, -0.1) is 0 Å². The smallest absolute Gasteiger partial charge is 0.0827 e. The van der Waals surface area contributed by atoms with Gasteiger partial charge in [0, 0.05) is 19.1 Å². The molecule has 3 atom stereocenters. The van der Waals surface area contributed by atoms with Gasteiger partial charge < -0.3 is 9.47 Å². The lowest BCUT2D eigenvalue weighted by Gasteiger charge is -2.32. The fourth-order valence-electron chi connectivity index (χ4n) is 4.68. The number of ether oxygens (including phenoxy) is 2. The molecule has 0 radical (unpaired) electrons. The van der Waals surface area contributed by atoms with Gasteiger partial charge in [-0.25, -0.2) is 0 Å². The monoisotopic (exact) mass is 350 g/mol. The van der Waals surface area contributed by atoms with Gasteiger partial charge in [-0.2, -0.15) is 0 Å². The molecule has 0 saturated carbocycles. The summed E-state index contributed by atoms with van der Waals surface area (Å²) in [5.41, 5.74) is 5.87. The second kappa shape index (κ2) is 8.37. The molecule has 4 rings (SSSR count). The summed E-state index contributed by atoms with van der Waals surface area (Å²) in [6.07, 6.45) is 6.16. The number of hydrogen-bond donors (Lipinski definition) is 0. The van der Waals surface area contributed by atoms with Crippen LogP contribution in [0.25, 0.3) is 0 Å². The Kier molecular flexibility index (Phi) is 5.72. The molecule has 2 aromatic carbocycles. The Labute approximate surface area is 157 Å². The van der Waals surface area contributed by atoms with Gasteiger partial charge in [0.1, 0.15) is 0 Å². The van der Waals surface area contributed by atoms with Gasteiger partial charge in [0.2, 0.25) is 0 Å². The summed E-state index contributed by atoms with van der Waals surface area (Å²) in [6, 6.07) is 17.7. The summed E-state index contributed by atoms with van der Waals surface area (Å²) < 4.78 is 12.2. The molecular formula is C24H30O2. The Balaban J connectivity index is 1.33. The molecule has 0 saturated heterocycles. The summed E-state index contributed by atoms with van der Waals surface area (Å²) >= 11 is 0. The topological polar surface area (TPSA) is 18.5 Å². The third kappa shape index (κ3) is 3.87. The summed E-state index contributed by atoms with van der Waals surface area (Å²) in [4.78, 5) is 0. The van der Waals surface area contributed by atoms with E-state index in [1.54, 1.807) is 0 Å². The summed E-state index contributed by atoms with van der Waals surface area (Å²) in [5.74, 6) is 1.18. The van der Waals surface area contributed by atoms with Crippen LogP contribution in [0.4, 0.5) is 0 Å². The molecule has 2 aliphatic carbocycles. The largest absolute Gasteiger partial charge is 0.381 e. The SMILES string of the molecule is CCOC1CCC(COCC2CCc3ccccc3C2)c2ccccc21. The maximum atomic E-state index is 6.24. The standard InChI is InChI=1S/C24H30O2/c1-2-26-24-14-13-21(22-9-5-6-10-23(22)24)17-25-16-18-11-12-19-7-3-4-8-20(19)15-18/h3-10,18,21,24H,2,11-17H2,1H3. The Morgan fingerprint density at radius 1 is 0.846 bits per heavy atom. The van der Waals surface area contributed by atoms with Crippen LogP contribution in [-0.4, -0.2) is 19.8 Å². The predicted octanol–water partition coefficient (Wildman–Crippen LogP) is 5.46. The van der Waals surface area contributed by atoms with Crippen molar-refractivity contribution in [3.8, 4) is 0 Å². The molecule has 0 aliphatic heterocycles. The van der Waals surface area contributed by atoms with Crippen LogP contribution in [0.3, 0.4) is 0 Å². The zero-order valence-corrected chi connectivity index (χ0v) is 15.8. The van der Waals surface area contributed by atoms with Crippen LogP contribution in [0.2, 0.25) is 0 Å². The highest BCUT2D eigenvalue weighted by atomic mass is 16.5. The van der Waals surface area contributed by atoms with Gasteiger partial charge in [-0.1, -0.05) is 48.5 Å². The number of fused-ring (bicyclic) bond motifs is 2. The Morgan fingerprint density at radius 3 is 2.46 bits per heavy atom. The molecule has 0 fully saturated rings. The van der Waals surface area contributed by atoms with Crippen LogP contribution < -0.4 is 0 Å². The van der Waals surface area contributed by atoms with Crippen LogP contribution >= 0.6 is 0 Å². The molecule has 26 heavy (non-hydrogen) atoms. The molecule has 2 heteroatoms. The van der Waals surface area contributed by atoms with Crippen molar-refractivity contribution >= 4 is 0 Å². The average Bonchev–Trinajstić information content (AvgIpc) is 2.69. The third-order valence-electron chi connectivity index (χ3n) is 6.05. The van der Waals surface area contributed by atoms with Crippen molar-refractivity contribution in [3.63, 3.8) is 0 Å². The van der Waals surface area contributed by atoms with Crippen LogP contribution in [0.15, 0.2) is 48.5 Å². The first-order valence-corrected chi connectivity index (χ1v) is 10.2. The molecule has 0 amide bonds. The summed E-state index contributed by atoms with van der Waals surface area (Å²) in [5, 5.41) is 0. The lowest BCUT2D eigenvalue weighted by atomic mass is 9.81. The van der Waals surface area contributed by atoms with Gasteiger partial charge in [-0.05, 0) is 67.2 Å². The van der Waals surface area contributed by atoms with Crippen molar-refractivity contribution < 1.29 is 9.47 Å². The van der Waals surface area contributed by atoms with E-state index in [-0.39, 0.29) is 6.10 Å². The highest BCUT2D eigenvalue weighted by molar-refractivity contribution is 5.34. The maximum Gasteiger partial charge on any atom is 0.0827 e. The number of benzene rings is 2. The number of aryl methyl sites for hydroxylation is 1. The second-order valence-electron chi connectivity index (χ2n) is 7.76. The molecule has 3 unspecified atom stereocenters. The van der Waals surface area contributed by atoms with E-state index in [4.69, 9.17) is 9.47 Å². The molecule has 2 aromatic rings. The Hall–Kier alpha value is -1.64. The molecule has 0 N–H and O–H groups in total. The Bertz CT molecular complexity index is 724. The molecule has 138 valence electrons. The minimum absolute atomic E-state index is 0.266. The fourth-order valence-corrected chi connectivity index (χ4v) is 4.68. The van der Waals surface area contributed by atoms with E-state index >= 15 is 0 Å². The third-order valence-corrected chi connectivity index (χ3v) is 6.05. The van der Waals surface area contributed by atoms with E-state index in [2.05, 4.69) is 55.5 Å². The van der Waals surface area contributed by atoms with E-state index in [9.17, 15) is 0 Å². The molecule has 0 heterocycles. The van der Waals surface area contributed by atoms with E-state index in [0.29, 0.717) is 11.8 Å². The second-order valence-corrected chi connectivity index (χ2v) is 7.76. The van der Waals surface area contributed by atoms with E-state index in [1.165, 1.54) is 41.5 Å².